The van der Waals surface area contributed by atoms with Crippen LogP contribution in [-0.4, -0.2) is 39.1 Å². The van der Waals surface area contributed by atoms with Gasteiger partial charge in [0.15, 0.2) is 6.10 Å². The normalized spacial score (nSPS) is 12.8. The fourth-order valence-corrected chi connectivity index (χ4v) is 3.52. The number of aryl methyl sites for hydroxylation is 1. The van der Waals surface area contributed by atoms with Crippen LogP contribution in [0.4, 0.5) is 5.69 Å². The number of ether oxygens (including phenoxy) is 1. The maximum Gasteiger partial charge on any atom is 0.265 e. The molecule has 7 nitrogen and oxygen atoms in total. The van der Waals surface area contributed by atoms with E-state index in [1.807, 2.05) is 25.1 Å². The largest absolute Gasteiger partial charge is 0.481 e. The number of nitrogens with one attached hydrogen (secondary N) is 1. The molecule has 0 radical (unpaired) electrons. The van der Waals surface area contributed by atoms with Gasteiger partial charge in [0.2, 0.25) is 0 Å². The summed E-state index contributed by atoms with van der Waals surface area (Å²) in [4.78, 5) is 17.3. The first-order valence-electron chi connectivity index (χ1n) is 9.27. The molecule has 0 saturated heterocycles. The van der Waals surface area contributed by atoms with E-state index in [2.05, 4.69) is 19.2 Å². The van der Waals surface area contributed by atoms with Crippen LogP contribution in [0.3, 0.4) is 0 Å². The predicted octanol–water partition coefficient (Wildman–Crippen LogP) is 3.71. The average Bonchev–Trinajstić information content (AvgIpc) is 2.69. The van der Waals surface area contributed by atoms with Crippen LogP contribution in [0.25, 0.3) is 0 Å². The molecule has 0 aliphatic carbocycles. The first-order valence-corrected chi connectivity index (χ1v) is 10.7. The quantitative estimate of drug-likeness (QED) is 0.658. The van der Waals surface area contributed by atoms with Crippen LogP contribution < -0.4 is 10.1 Å². The molecule has 1 amide bonds. The Morgan fingerprint density at radius 2 is 1.69 bits per heavy atom. The summed E-state index contributed by atoms with van der Waals surface area (Å²) in [5, 5.41) is 2.74. The van der Waals surface area contributed by atoms with E-state index in [0.717, 1.165) is 15.6 Å². The molecule has 0 fully saturated rings. The van der Waals surface area contributed by atoms with Gasteiger partial charge in [-0.25, -0.2) is 8.42 Å². The molecule has 29 heavy (non-hydrogen) atoms. The Labute approximate surface area is 172 Å². The van der Waals surface area contributed by atoms with E-state index in [1.165, 1.54) is 38.4 Å². The van der Waals surface area contributed by atoms with Gasteiger partial charge in [-0.3, -0.25) is 9.63 Å². The number of hydrogen-bond acceptors (Lipinski definition) is 5. The maximum atomic E-state index is 12.5. The zero-order valence-corrected chi connectivity index (χ0v) is 18.4. The van der Waals surface area contributed by atoms with Gasteiger partial charge in [-0.1, -0.05) is 30.4 Å². The van der Waals surface area contributed by atoms with Gasteiger partial charge in [-0.2, -0.15) is 0 Å². The van der Waals surface area contributed by atoms with E-state index in [-0.39, 0.29) is 10.8 Å². The van der Waals surface area contributed by atoms with Gasteiger partial charge in [0.1, 0.15) is 5.75 Å². The molecule has 0 aliphatic heterocycles. The highest BCUT2D eigenvalue weighted by Gasteiger charge is 2.21. The van der Waals surface area contributed by atoms with Crippen molar-refractivity contribution in [2.24, 2.45) is 0 Å². The minimum atomic E-state index is -3.73. The second-order valence-electron chi connectivity index (χ2n) is 7.05. The number of amides is 1. The third-order valence-corrected chi connectivity index (χ3v) is 6.26. The van der Waals surface area contributed by atoms with Crippen molar-refractivity contribution >= 4 is 21.6 Å². The van der Waals surface area contributed by atoms with Crippen LogP contribution in [0.5, 0.6) is 5.75 Å². The summed E-state index contributed by atoms with van der Waals surface area (Å²) in [5.41, 5.74) is 2.55. The summed E-state index contributed by atoms with van der Waals surface area (Å²) in [5.74, 6) is 0.695. The molecule has 0 aromatic heterocycles. The minimum absolute atomic E-state index is 0.0604. The molecule has 2 aromatic carbocycles. The number of hydroxylamine groups is 1. The van der Waals surface area contributed by atoms with E-state index >= 15 is 0 Å². The minimum Gasteiger partial charge on any atom is -0.481 e. The third-order valence-electron chi connectivity index (χ3n) is 4.57. The van der Waals surface area contributed by atoms with Crippen molar-refractivity contribution < 1.29 is 22.8 Å². The van der Waals surface area contributed by atoms with Crippen molar-refractivity contribution in [3.63, 3.8) is 0 Å². The Hall–Kier alpha value is -2.42. The number of carbonyl (C=O) groups excluding carboxylic acids is 1. The number of hydrogen-bond donors (Lipinski definition) is 1. The second kappa shape index (κ2) is 9.39. The Balaban J connectivity index is 2.08. The first-order chi connectivity index (χ1) is 13.6. The van der Waals surface area contributed by atoms with Crippen LogP contribution in [0.2, 0.25) is 0 Å². The SMILES string of the molecule is CON(C)S(=O)(=O)c1ccc(NC(=O)C(C)Oc2cc(C(C)C)ccc2C)cc1. The van der Waals surface area contributed by atoms with Crippen molar-refractivity contribution in [2.45, 2.75) is 44.6 Å². The zero-order valence-electron chi connectivity index (χ0n) is 17.6. The standard InChI is InChI=1S/C21H28N2O5S/c1-14(2)17-8-7-15(3)20(13-17)28-16(4)21(24)22-18-9-11-19(12-10-18)29(25,26)23(5)27-6/h7-14,16H,1-6H3,(H,22,24). The van der Waals surface area contributed by atoms with Crippen molar-refractivity contribution in [1.82, 2.24) is 4.47 Å². The molecule has 2 rings (SSSR count). The van der Waals surface area contributed by atoms with Crippen molar-refractivity contribution in [3.8, 4) is 5.75 Å². The zero-order chi connectivity index (χ0) is 21.8. The fraction of sp³-hybridized carbons (Fsp3) is 0.381. The van der Waals surface area contributed by atoms with Crippen molar-refractivity contribution in [1.29, 1.82) is 0 Å². The number of rotatable bonds is 8. The molecular weight excluding hydrogens is 392 g/mol. The van der Waals surface area contributed by atoms with E-state index in [4.69, 9.17) is 9.57 Å². The number of sulfonamides is 1. The summed E-state index contributed by atoms with van der Waals surface area (Å²) < 4.78 is 31.0. The first kappa shape index (κ1) is 22.9. The molecule has 0 saturated carbocycles. The Morgan fingerprint density at radius 3 is 2.24 bits per heavy atom. The highest BCUT2D eigenvalue weighted by Crippen LogP contribution is 2.25. The van der Waals surface area contributed by atoms with Gasteiger partial charge >= 0.3 is 0 Å². The lowest BCUT2D eigenvalue weighted by molar-refractivity contribution is -0.122. The van der Waals surface area contributed by atoms with Gasteiger partial charge in [-0.05, 0) is 61.2 Å². The van der Waals surface area contributed by atoms with E-state index in [0.29, 0.717) is 17.4 Å². The lowest BCUT2D eigenvalue weighted by Crippen LogP contribution is -2.30. The summed E-state index contributed by atoms with van der Waals surface area (Å²) >= 11 is 0. The van der Waals surface area contributed by atoms with Gasteiger partial charge in [0.25, 0.3) is 15.9 Å². The smallest absolute Gasteiger partial charge is 0.265 e. The summed E-state index contributed by atoms with van der Waals surface area (Å²) in [6, 6.07) is 11.8. The number of carbonyl (C=O) groups is 1. The van der Waals surface area contributed by atoms with Crippen LogP contribution in [0.15, 0.2) is 47.4 Å². The fourth-order valence-electron chi connectivity index (χ4n) is 2.55. The second-order valence-corrected chi connectivity index (χ2v) is 8.99. The van der Waals surface area contributed by atoms with Crippen molar-refractivity contribution in [3.05, 3.63) is 53.6 Å². The monoisotopic (exact) mass is 420 g/mol. The summed E-state index contributed by atoms with van der Waals surface area (Å²) in [6.45, 7) is 7.79. The molecule has 0 heterocycles. The number of nitrogens with zero attached hydrogens (tertiary/aromatic N) is 1. The predicted molar refractivity (Wildman–Crippen MR) is 112 cm³/mol. The van der Waals surface area contributed by atoms with Gasteiger partial charge in [-0.15, -0.1) is 0 Å². The highest BCUT2D eigenvalue weighted by atomic mass is 32.2. The van der Waals surface area contributed by atoms with Gasteiger partial charge in [0.05, 0.1) is 12.0 Å². The molecule has 0 bridgehead atoms. The Morgan fingerprint density at radius 1 is 1.07 bits per heavy atom. The maximum absolute atomic E-state index is 12.5. The van der Waals surface area contributed by atoms with E-state index in [9.17, 15) is 13.2 Å². The molecule has 1 N–H and O–H groups in total. The summed E-state index contributed by atoms with van der Waals surface area (Å²) in [6.07, 6.45) is -0.723. The summed E-state index contributed by atoms with van der Waals surface area (Å²) in [7, 11) is -1.16. The lowest BCUT2D eigenvalue weighted by Gasteiger charge is -2.18. The van der Waals surface area contributed by atoms with Crippen LogP contribution >= 0.6 is 0 Å². The van der Waals surface area contributed by atoms with Gasteiger partial charge < -0.3 is 10.1 Å². The molecular formula is C21H28N2O5S. The van der Waals surface area contributed by atoms with Crippen LogP contribution in [-0.2, 0) is 19.7 Å². The molecule has 8 heteroatoms. The van der Waals surface area contributed by atoms with E-state index < -0.39 is 16.1 Å². The average molecular weight is 421 g/mol. The van der Waals surface area contributed by atoms with Gasteiger partial charge in [0, 0.05) is 12.7 Å². The number of benzene rings is 2. The van der Waals surface area contributed by atoms with E-state index in [1.54, 1.807) is 6.92 Å². The van der Waals surface area contributed by atoms with Crippen LogP contribution in [0.1, 0.15) is 37.8 Å². The topological polar surface area (TPSA) is 84.9 Å². The van der Waals surface area contributed by atoms with Crippen molar-refractivity contribution in [2.75, 3.05) is 19.5 Å². The third kappa shape index (κ3) is 5.56. The lowest BCUT2D eigenvalue weighted by atomic mass is 10.0. The Bertz CT molecular complexity index is 956. The Kier molecular flexibility index (Phi) is 7.40. The molecule has 1 unspecified atom stereocenters. The molecule has 0 aliphatic rings. The highest BCUT2D eigenvalue weighted by molar-refractivity contribution is 7.89. The molecule has 1 atom stereocenters. The van der Waals surface area contributed by atoms with Crippen LogP contribution in [0, 0.1) is 6.92 Å². The molecule has 2 aromatic rings. The molecule has 158 valence electrons. The molecule has 0 spiro atoms. The number of anilines is 1.